The zero-order valence-corrected chi connectivity index (χ0v) is 21.3. The van der Waals surface area contributed by atoms with E-state index in [1.807, 2.05) is 61.5 Å². The number of fused-ring (bicyclic) bond motifs is 1. The molecule has 0 aliphatic heterocycles. The Balaban J connectivity index is 1.47. The number of aromatic nitrogens is 2. The van der Waals surface area contributed by atoms with E-state index in [2.05, 4.69) is 37.1 Å². The normalized spacial score (nSPS) is 10.6. The molecule has 0 radical (unpaired) electrons. The summed E-state index contributed by atoms with van der Waals surface area (Å²) >= 11 is 9.80. The molecule has 0 spiro atoms. The van der Waals surface area contributed by atoms with Gasteiger partial charge in [-0.3, -0.25) is 25.0 Å². The highest BCUT2D eigenvalue weighted by Crippen LogP contribution is 2.22. The van der Waals surface area contributed by atoms with Gasteiger partial charge in [-0.2, -0.15) is 0 Å². The number of benzene rings is 3. The van der Waals surface area contributed by atoms with Crippen molar-refractivity contribution in [2.24, 2.45) is 0 Å². The van der Waals surface area contributed by atoms with Crippen molar-refractivity contribution in [2.75, 3.05) is 11.1 Å². The second kappa shape index (κ2) is 10.8. The van der Waals surface area contributed by atoms with E-state index in [9.17, 15) is 9.59 Å². The first-order valence-electron chi connectivity index (χ1n) is 10.2. The predicted octanol–water partition coefficient (Wildman–Crippen LogP) is 4.57. The average Bonchev–Trinajstić information content (AvgIpc) is 2.84. The Morgan fingerprint density at radius 1 is 1.03 bits per heavy atom. The number of hydrazine groups is 1. The number of rotatable bonds is 5. The van der Waals surface area contributed by atoms with Crippen LogP contribution < -0.4 is 21.7 Å². The van der Waals surface area contributed by atoms with Gasteiger partial charge in [0.05, 0.1) is 22.3 Å². The maximum absolute atomic E-state index is 13.2. The number of carbonyl (C=O) groups is 1. The molecule has 0 unspecified atom stereocenters. The van der Waals surface area contributed by atoms with Crippen molar-refractivity contribution in [1.29, 1.82) is 0 Å². The van der Waals surface area contributed by atoms with Crippen LogP contribution in [-0.2, 0) is 4.79 Å². The average molecular weight is 554 g/mol. The van der Waals surface area contributed by atoms with Crippen LogP contribution in [0.15, 0.2) is 87.2 Å². The van der Waals surface area contributed by atoms with Gasteiger partial charge >= 0.3 is 0 Å². The number of nitrogens with one attached hydrogen (secondary N) is 3. The SMILES string of the molecule is Cc1ccc(NC(=S)NNC(=O)CSc2nc3ccccc3c(=O)n2-c2ccc(Br)cc2)cc1. The second-order valence-corrected chi connectivity index (χ2v) is 9.58. The molecule has 3 N–H and O–H groups in total. The third-order valence-corrected chi connectivity index (χ3v) is 6.46. The first-order valence-corrected chi connectivity index (χ1v) is 12.4. The highest BCUT2D eigenvalue weighted by molar-refractivity contribution is 9.10. The summed E-state index contributed by atoms with van der Waals surface area (Å²) in [4.78, 5) is 30.3. The highest BCUT2D eigenvalue weighted by Gasteiger charge is 2.15. The van der Waals surface area contributed by atoms with Gasteiger partial charge in [-0.1, -0.05) is 57.5 Å². The lowest BCUT2D eigenvalue weighted by Crippen LogP contribution is -2.44. The molecule has 1 heterocycles. The molecule has 34 heavy (non-hydrogen) atoms. The minimum atomic E-state index is -0.317. The summed E-state index contributed by atoms with van der Waals surface area (Å²) in [5.74, 6) is -0.288. The van der Waals surface area contributed by atoms with Crippen molar-refractivity contribution >= 4 is 67.5 Å². The maximum Gasteiger partial charge on any atom is 0.266 e. The molecule has 0 bridgehead atoms. The molecule has 3 aromatic carbocycles. The lowest BCUT2D eigenvalue weighted by atomic mass is 10.2. The lowest BCUT2D eigenvalue weighted by molar-refractivity contribution is -0.119. The molecule has 7 nitrogen and oxygen atoms in total. The molecule has 4 rings (SSSR count). The summed E-state index contributed by atoms with van der Waals surface area (Å²) in [7, 11) is 0. The number of aryl methyl sites for hydroxylation is 1. The Labute approximate surface area is 214 Å². The van der Waals surface area contributed by atoms with Crippen molar-refractivity contribution in [3.05, 3.63) is 93.2 Å². The number of hydrogen-bond acceptors (Lipinski definition) is 5. The monoisotopic (exact) mass is 553 g/mol. The summed E-state index contributed by atoms with van der Waals surface area (Å²) in [6, 6.07) is 22.2. The zero-order chi connectivity index (χ0) is 24.1. The molecule has 0 fully saturated rings. The Morgan fingerprint density at radius 3 is 2.47 bits per heavy atom. The number of hydrogen-bond donors (Lipinski definition) is 3. The largest absolute Gasteiger partial charge is 0.331 e. The molecule has 10 heteroatoms. The maximum atomic E-state index is 13.2. The Hall–Kier alpha value is -3.21. The van der Waals surface area contributed by atoms with Gasteiger partial charge in [0, 0.05) is 10.2 Å². The van der Waals surface area contributed by atoms with E-state index >= 15 is 0 Å². The van der Waals surface area contributed by atoms with Gasteiger partial charge < -0.3 is 5.32 Å². The summed E-state index contributed by atoms with van der Waals surface area (Å²) in [6.45, 7) is 2.00. The first-order chi connectivity index (χ1) is 16.4. The third-order valence-electron chi connectivity index (χ3n) is 4.79. The molecule has 1 amide bonds. The predicted molar refractivity (Wildman–Crippen MR) is 144 cm³/mol. The molecule has 0 saturated carbocycles. The van der Waals surface area contributed by atoms with Crippen molar-refractivity contribution in [2.45, 2.75) is 12.1 Å². The van der Waals surface area contributed by atoms with Crippen LogP contribution in [0.3, 0.4) is 0 Å². The molecule has 0 saturated heterocycles. The van der Waals surface area contributed by atoms with Crippen LogP contribution in [0.4, 0.5) is 5.69 Å². The Bertz CT molecular complexity index is 1410. The Kier molecular flexibility index (Phi) is 7.61. The number of nitrogens with zero attached hydrogens (tertiary/aromatic N) is 2. The molecule has 0 aliphatic rings. The van der Waals surface area contributed by atoms with E-state index in [0.717, 1.165) is 27.5 Å². The fourth-order valence-corrected chi connectivity index (χ4v) is 4.36. The number of carbonyl (C=O) groups excluding carboxylic acids is 1. The lowest BCUT2D eigenvalue weighted by Gasteiger charge is -2.14. The standard InChI is InChI=1S/C24H20BrN5O2S2/c1-15-6-10-17(11-7-15)26-23(33)29-28-21(31)14-34-24-27-20-5-3-2-4-19(20)22(32)30(24)18-12-8-16(25)9-13-18/h2-13H,14H2,1H3,(H,28,31)(H2,26,29,33). The fourth-order valence-electron chi connectivity index (χ4n) is 3.12. The Morgan fingerprint density at radius 2 is 1.74 bits per heavy atom. The van der Waals surface area contributed by atoms with Crippen molar-refractivity contribution in [1.82, 2.24) is 20.4 Å². The van der Waals surface area contributed by atoms with Gasteiger partial charge in [0.1, 0.15) is 0 Å². The van der Waals surface area contributed by atoms with Gasteiger partial charge in [-0.05, 0) is 67.7 Å². The number of amides is 1. The summed E-state index contributed by atoms with van der Waals surface area (Å²) in [5.41, 5.74) is 8.25. The van der Waals surface area contributed by atoms with Gasteiger partial charge in [0.25, 0.3) is 5.56 Å². The topological polar surface area (TPSA) is 88.1 Å². The fraction of sp³-hybridized carbons (Fsp3) is 0.0833. The van der Waals surface area contributed by atoms with Crippen molar-refractivity contribution in [3.63, 3.8) is 0 Å². The zero-order valence-electron chi connectivity index (χ0n) is 18.0. The van der Waals surface area contributed by atoms with Crippen LogP contribution in [0.2, 0.25) is 0 Å². The molecular weight excluding hydrogens is 534 g/mol. The van der Waals surface area contributed by atoms with E-state index in [1.165, 1.54) is 4.57 Å². The van der Waals surface area contributed by atoms with E-state index in [1.54, 1.807) is 18.2 Å². The molecular formula is C24H20BrN5O2S2. The van der Waals surface area contributed by atoms with E-state index in [4.69, 9.17) is 12.2 Å². The molecule has 0 aliphatic carbocycles. The van der Waals surface area contributed by atoms with Gasteiger partial charge in [0.2, 0.25) is 5.91 Å². The third kappa shape index (κ3) is 5.82. The molecule has 172 valence electrons. The number of para-hydroxylation sites is 1. The van der Waals surface area contributed by atoms with Crippen molar-refractivity contribution < 1.29 is 4.79 Å². The van der Waals surface area contributed by atoms with E-state index in [-0.39, 0.29) is 22.3 Å². The van der Waals surface area contributed by atoms with Crippen LogP contribution >= 0.6 is 39.9 Å². The van der Waals surface area contributed by atoms with E-state index in [0.29, 0.717) is 21.7 Å². The first kappa shape index (κ1) is 23.9. The minimum Gasteiger partial charge on any atom is -0.331 e. The van der Waals surface area contributed by atoms with Crippen LogP contribution in [0, 0.1) is 6.92 Å². The van der Waals surface area contributed by atoms with Crippen LogP contribution in [-0.4, -0.2) is 26.3 Å². The summed E-state index contributed by atoms with van der Waals surface area (Å²) in [6.07, 6.45) is 0. The molecule has 1 aromatic heterocycles. The summed E-state index contributed by atoms with van der Waals surface area (Å²) in [5, 5.41) is 4.19. The highest BCUT2D eigenvalue weighted by atomic mass is 79.9. The summed E-state index contributed by atoms with van der Waals surface area (Å²) < 4.78 is 2.41. The van der Waals surface area contributed by atoms with E-state index < -0.39 is 0 Å². The van der Waals surface area contributed by atoms with Crippen molar-refractivity contribution in [3.8, 4) is 5.69 Å². The van der Waals surface area contributed by atoms with Crippen LogP contribution in [0.5, 0.6) is 0 Å². The van der Waals surface area contributed by atoms with Gasteiger partial charge in [-0.15, -0.1) is 0 Å². The number of thiocarbonyl (C=S) groups is 1. The number of anilines is 1. The molecule has 0 atom stereocenters. The quantitative estimate of drug-likeness (QED) is 0.144. The van der Waals surface area contributed by atoms with Gasteiger partial charge in [-0.25, -0.2) is 4.98 Å². The minimum absolute atomic E-state index is 0.0292. The van der Waals surface area contributed by atoms with Gasteiger partial charge in [0.15, 0.2) is 10.3 Å². The van der Waals surface area contributed by atoms with Crippen LogP contribution in [0.25, 0.3) is 16.6 Å². The smallest absolute Gasteiger partial charge is 0.266 e. The number of thioether (sulfide) groups is 1. The molecule has 4 aromatic rings. The van der Waals surface area contributed by atoms with Crippen LogP contribution in [0.1, 0.15) is 5.56 Å². The number of halogens is 1. The second-order valence-electron chi connectivity index (χ2n) is 7.31.